The van der Waals surface area contributed by atoms with Crippen molar-refractivity contribution in [3.8, 4) is 5.75 Å². The Morgan fingerprint density at radius 2 is 2.05 bits per heavy atom. The number of halogens is 1. The standard InChI is InChI=1S/C31H34ClN5O3S/c1-3-5-14-37(30(38)27(4-2)36-15-17-39-18-16-36)24-10-11-26-29(20-24)41-31(35-26)34-22-9-12-28(25(32)19-22)40-21-23-8-6-7-13-33-23/h4,6-13,19-20H,3,5,14-18,21H2,1-2H3,(H,34,35)/b27-4+. The molecule has 3 heterocycles. The average Bonchev–Trinajstić information content (AvgIpc) is 3.40. The molecule has 0 radical (unpaired) electrons. The molecule has 0 saturated carbocycles. The van der Waals surface area contributed by atoms with E-state index in [0.29, 0.717) is 37.1 Å². The number of nitrogens with zero attached hydrogens (tertiary/aromatic N) is 4. The van der Waals surface area contributed by atoms with Crippen molar-refractivity contribution < 1.29 is 14.3 Å². The Labute approximate surface area is 249 Å². The number of anilines is 3. The van der Waals surface area contributed by atoms with Gasteiger partial charge in [-0.05, 0) is 61.9 Å². The summed E-state index contributed by atoms with van der Waals surface area (Å²) in [7, 11) is 0. The molecule has 1 aliphatic rings. The molecule has 0 aliphatic carbocycles. The van der Waals surface area contributed by atoms with E-state index < -0.39 is 0 Å². The molecule has 2 aromatic carbocycles. The van der Waals surface area contributed by atoms with Gasteiger partial charge in [0.1, 0.15) is 12.4 Å². The number of hydrogen-bond donors (Lipinski definition) is 1. The number of unbranched alkanes of at least 4 members (excludes halogenated alkanes) is 1. The number of carbonyl (C=O) groups excluding carboxylic acids is 1. The largest absolute Gasteiger partial charge is 0.486 e. The van der Waals surface area contributed by atoms with Crippen LogP contribution in [0.15, 0.2) is 72.6 Å². The van der Waals surface area contributed by atoms with Crippen molar-refractivity contribution >= 4 is 55.6 Å². The van der Waals surface area contributed by atoms with Crippen molar-refractivity contribution in [3.05, 3.63) is 83.3 Å². The van der Waals surface area contributed by atoms with Crippen LogP contribution in [0.2, 0.25) is 5.02 Å². The third-order valence-corrected chi connectivity index (χ3v) is 8.02. The molecular formula is C31H34ClN5O3S. The summed E-state index contributed by atoms with van der Waals surface area (Å²) in [4.78, 5) is 26.8. The Morgan fingerprint density at radius 1 is 1.20 bits per heavy atom. The zero-order chi connectivity index (χ0) is 28.6. The summed E-state index contributed by atoms with van der Waals surface area (Å²) in [5.41, 5.74) is 4.10. The second kappa shape index (κ2) is 13.8. The SMILES string of the molecule is C/C=C(\C(=O)N(CCCC)c1ccc2nc(Nc3ccc(OCc4ccccn4)c(Cl)c3)sc2c1)N1CCOCC1. The van der Waals surface area contributed by atoms with Gasteiger partial charge in [-0.15, -0.1) is 0 Å². The highest BCUT2D eigenvalue weighted by Gasteiger charge is 2.25. The number of hydrogen-bond acceptors (Lipinski definition) is 8. The Kier molecular flexibility index (Phi) is 9.71. The van der Waals surface area contributed by atoms with E-state index in [0.717, 1.165) is 64.0 Å². The molecule has 4 aromatic rings. The van der Waals surface area contributed by atoms with Gasteiger partial charge >= 0.3 is 0 Å². The summed E-state index contributed by atoms with van der Waals surface area (Å²) in [5.74, 6) is 0.608. The number of benzene rings is 2. The van der Waals surface area contributed by atoms with Crippen molar-refractivity contribution in [1.82, 2.24) is 14.9 Å². The summed E-state index contributed by atoms with van der Waals surface area (Å²) in [6, 6.07) is 17.3. The molecule has 8 nitrogen and oxygen atoms in total. The minimum Gasteiger partial charge on any atom is -0.486 e. The molecule has 1 saturated heterocycles. The van der Waals surface area contributed by atoms with E-state index in [-0.39, 0.29) is 5.91 Å². The Bertz CT molecular complexity index is 1500. The van der Waals surface area contributed by atoms with Crippen LogP contribution in [0.5, 0.6) is 5.75 Å². The van der Waals surface area contributed by atoms with Gasteiger partial charge in [-0.2, -0.15) is 0 Å². The second-order valence-electron chi connectivity index (χ2n) is 9.63. The third kappa shape index (κ3) is 7.16. The van der Waals surface area contributed by atoms with Gasteiger partial charge in [0.15, 0.2) is 5.13 Å². The van der Waals surface area contributed by atoms with Gasteiger partial charge in [-0.1, -0.05) is 48.4 Å². The Hall–Kier alpha value is -3.66. The summed E-state index contributed by atoms with van der Waals surface area (Å²) in [6.45, 7) is 7.76. The molecular weight excluding hydrogens is 558 g/mol. The van der Waals surface area contributed by atoms with Crippen molar-refractivity contribution in [2.24, 2.45) is 0 Å². The molecule has 0 spiro atoms. The fraction of sp³-hybridized carbons (Fsp3) is 0.323. The van der Waals surface area contributed by atoms with Crippen molar-refractivity contribution in [3.63, 3.8) is 0 Å². The molecule has 1 fully saturated rings. The van der Waals surface area contributed by atoms with E-state index in [2.05, 4.69) is 28.2 Å². The highest BCUT2D eigenvalue weighted by atomic mass is 35.5. The lowest BCUT2D eigenvalue weighted by Crippen LogP contribution is -2.43. The molecule has 0 unspecified atom stereocenters. The van der Waals surface area contributed by atoms with Gasteiger partial charge in [0.25, 0.3) is 5.91 Å². The quantitative estimate of drug-likeness (QED) is 0.187. The van der Waals surface area contributed by atoms with Crippen LogP contribution in [0.4, 0.5) is 16.5 Å². The molecule has 10 heteroatoms. The summed E-state index contributed by atoms with van der Waals surface area (Å²) in [6.07, 6.45) is 5.57. The number of rotatable bonds is 11. The summed E-state index contributed by atoms with van der Waals surface area (Å²) < 4.78 is 12.3. The summed E-state index contributed by atoms with van der Waals surface area (Å²) >= 11 is 8.04. The topological polar surface area (TPSA) is 79.8 Å². The second-order valence-corrected chi connectivity index (χ2v) is 11.1. The molecule has 41 heavy (non-hydrogen) atoms. The molecule has 0 atom stereocenters. The lowest BCUT2D eigenvalue weighted by Gasteiger charge is -2.33. The Balaban J connectivity index is 1.31. The van der Waals surface area contributed by atoms with Crippen LogP contribution in [-0.4, -0.2) is 53.6 Å². The van der Waals surface area contributed by atoms with Gasteiger partial charge in [0.05, 0.1) is 39.8 Å². The molecule has 1 amide bonds. The minimum absolute atomic E-state index is 0.0186. The predicted octanol–water partition coefficient (Wildman–Crippen LogP) is 7.04. The number of amides is 1. The third-order valence-electron chi connectivity index (χ3n) is 6.79. The van der Waals surface area contributed by atoms with Gasteiger partial charge in [-0.25, -0.2) is 4.98 Å². The van der Waals surface area contributed by atoms with Crippen LogP contribution in [0, 0.1) is 0 Å². The van der Waals surface area contributed by atoms with E-state index in [1.807, 2.05) is 66.4 Å². The fourth-order valence-corrected chi connectivity index (χ4v) is 5.79. The van der Waals surface area contributed by atoms with E-state index in [4.69, 9.17) is 26.1 Å². The molecule has 1 N–H and O–H groups in total. The highest BCUT2D eigenvalue weighted by Crippen LogP contribution is 2.34. The number of carbonyl (C=O) groups is 1. The smallest absolute Gasteiger partial charge is 0.274 e. The van der Waals surface area contributed by atoms with Gasteiger partial charge in [0.2, 0.25) is 0 Å². The number of nitrogens with one attached hydrogen (secondary N) is 1. The first-order valence-corrected chi connectivity index (χ1v) is 15.1. The van der Waals surface area contributed by atoms with Gasteiger partial charge in [0, 0.05) is 37.2 Å². The number of morpholine rings is 1. The van der Waals surface area contributed by atoms with Crippen LogP contribution in [-0.2, 0) is 16.1 Å². The fourth-order valence-electron chi connectivity index (χ4n) is 4.64. The molecule has 0 bridgehead atoms. The van der Waals surface area contributed by atoms with Gasteiger partial charge in [-0.3, -0.25) is 9.78 Å². The normalized spacial score (nSPS) is 13.8. The maximum absolute atomic E-state index is 13.8. The monoisotopic (exact) mass is 591 g/mol. The van der Waals surface area contributed by atoms with E-state index >= 15 is 0 Å². The average molecular weight is 592 g/mol. The number of allylic oxidation sites excluding steroid dienone is 1. The predicted molar refractivity (Wildman–Crippen MR) is 166 cm³/mol. The molecule has 214 valence electrons. The molecule has 5 rings (SSSR count). The van der Waals surface area contributed by atoms with Crippen molar-refractivity contribution in [1.29, 1.82) is 0 Å². The number of thiazole rings is 1. The van der Waals surface area contributed by atoms with Crippen LogP contribution < -0.4 is 15.0 Å². The number of fused-ring (bicyclic) bond motifs is 1. The number of ether oxygens (including phenoxy) is 2. The highest BCUT2D eigenvalue weighted by molar-refractivity contribution is 7.22. The zero-order valence-electron chi connectivity index (χ0n) is 23.3. The number of pyridine rings is 1. The maximum Gasteiger partial charge on any atom is 0.274 e. The molecule has 2 aromatic heterocycles. The lowest BCUT2D eigenvalue weighted by atomic mass is 10.2. The first kappa shape index (κ1) is 28.9. The van der Waals surface area contributed by atoms with E-state index in [1.165, 1.54) is 11.3 Å². The summed E-state index contributed by atoms with van der Waals surface area (Å²) in [5, 5.41) is 4.60. The maximum atomic E-state index is 13.8. The molecule has 1 aliphatic heterocycles. The van der Waals surface area contributed by atoms with Crippen LogP contribution in [0.25, 0.3) is 10.2 Å². The first-order valence-electron chi connectivity index (χ1n) is 13.9. The minimum atomic E-state index is 0.0186. The van der Waals surface area contributed by atoms with Crippen LogP contribution >= 0.6 is 22.9 Å². The van der Waals surface area contributed by atoms with E-state index in [1.54, 1.807) is 6.20 Å². The van der Waals surface area contributed by atoms with Crippen LogP contribution in [0.1, 0.15) is 32.4 Å². The lowest BCUT2D eigenvalue weighted by molar-refractivity contribution is -0.117. The Morgan fingerprint density at radius 3 is 2.78 bits per heavy atom. The van der Waals surface area contributed by atoms with Crippen LogP contribution in [0.3, 0.4) is 0 Å². The van der Waals surface area contributed by atoms with Crippen molar-refractivity contribution in [2.75, 3.05) is 43.1 Å². The van der Waals surface area contributed by atoms with Crippen molar-refractivity contribution in [2.45, 2.75) is 33.3 Å². The first-order chi connectivity index (χ1) is 20.1. The number of aromatic nitrogens is 2. The zero-order valence-corrected chi connectivity index (χ0v) is 24.9. The van der Waals surface area contributed by atoms with Gasteiger partial charge < -0.3 is 24.6 Å². The van der Waals surface area contributed by atoms with E-state index in [9.17, 15) is 4.79 Å².